The van der Waals surface area contributed by atoms with Crippen LogP contribution in [0.25, 0.3) is 11.0 Å². The molecule has 0 aliphatic heterocycles. The maximum absolute atomic E-state index is 4.22. The molecule has 0 fully saturated rings. The third kappa shape index (κ3) is 1.70. The van der Waals surface area contributed by atoms with Crippen LogP contribution in [0.4, 0.5) is 0 Å². The molecule has 0 saturated heterocycles. The van der Waals surface area contributed by atoms with Crippen molar-refractivity contribution in [2.24, 2.45) is 7.05 Å². The molecule has 2 aromatic rings. The highest BCUT2D eigenvalue weighted by molar-refractivity contribution is 5.79. The smallest absolute Gasteiger partial charge is 0.113 e. The summed E-state index contributed by atoms with van der Waals surface area (Å²) in [6, 6.07) is 4.44. The van der Waals surface area contributed by atoms with Gasteiger partial charge >= 0.3 is 0 Å². The Morgan fingerprint density at radius 1 is 1.06 bits per heavy atom. The van der Waals surface area contributed by atoms with Gasteiger partial charge < -0.3 is 0 Å². The van der Waals surface area contributed by atoms with Gasteiger partial charge in [0.25, 0.3) is 0 Å². The van der Waals surface area contributed by atoms with E-state index in [1.54, 1.807) is 0 Å². The summed E-state index contributed by atoms with van der Waals surface area (Å²) in [7, 11) is 1.95. The van der Waals surface area contributed by atoms with Gasteiger partial charge in [0.2, 0.25) is 0 Å². The van der Waals surface area contributed by atoms with Gasteiger partial charge in [-0.3, -0.25) is 0 Å². The van der Waals surface area contributed by atoms with Crippen LogP contribution in [-0.2, 0) is 7.05 Å². The average Bonchev–Trinajstić information content (AvgIpc) is 2.59. The molecular weight excluding hydrogens is 198 g/mol. The van der Waals surface area contributed by atoms with Crippen LogP contribution in [0, 0.1) is 0 Å². The van der Waals surface area contributed by atoms with E-state index in [1.165, 1.54) is 16.6 Å². The van der Waals surface area contributed by atoms with Gasteiger partial charge in [-0.15, -0.1) is 5.10 Å². The van der Waals surface area contributed by atoms with Crippen molar-refractivity contribution in [2.75, 3.05) is 0 Å². The second kappa shape index (κ2) is 3.89. The summed E-state index contributed by atoms with van der Waals surface area (Å²) in [5.41, 5.74) is 4.86. The van der Waals surface area contributed by atoms with Gasteiger partial charge in [-0.05, 0) is 29.0 Å². The first-order valence-corrected chi connectivity index (χ1v) is 5.84. The van der Waals surface area contributed by atoms with E-state index in [-0.39, 0.29) is 0 Å². The highest BCUT2D eigenvalue weighted by atomic mass is 15.4. The Morgan fingerprint density at radius 3 is 2.31 bits per heavy atom. The van der Waals surface area contributed by atoms with Crippen molar-refractivity contribution < 1.29 is 0 Å². The summed E-state index contributed by atoms with van der Waals surface area (Å²) in [6.45, 7) is 8.85. The standard InChI is InChI=1S/C13H19N3/c1-8(2)10-6-11(9(3)4)13-12(7-10)14-15-16(13)5/h6-9H,1-5H3. The molecule has 0 bridgehead atoms. The van der Waals surface area contributed by atoms with Gasteiger partial charge in [0.05, 0.1) is 5.52 Å². The van der Waals surface area contributed by atoms with E-state index < -0.39 is 0 Å². The summed E-state index contributed by atoms with van der Waals surface area (Å²) in [5.74, 6) is 1.03. The maximum Gasteiger partial charge on any atom is 0.113 e. The molecule has 0 aliphatic rings. The zero-order valence-corrected chi connectivity index (χ0v) is 10.7. The quantitative estimate of drug-likeness (QED) is 0.773. The molecule has 1 heterocycles. The van der Waals surface area contributed by atoms with Crippen molar-refractivity contribution >= 4 is 11.0 Å². The Kier molecular flexibility index (Phi) is 2.70. The van der Waals surface area contributed by atoms with Crippen LogP contribution in [0.3, 0.4) is 0 Å². The SMILES string of the molecule is CC(C)c1cc(C(C)C)c2c(c1)nnn2C. The number of benzene rings is 1. The third-order valence-corrected chi connectivity index (χ3v) is 3.04. The van der Waals surface area contributed by atoms with Crippen molar-refractivity contribution in [2.45, 2.75) is 39.5 Å². The molecule has 3 nitrogen and oxygen atoms in total. The first kappa shape index (κ1) is 11.1. The molecule has 0 unspecified atom stereocenters. The fourth-order valence-corrected chi connectivity index (χ4v) is 2.03. The molecule has 0 saturated carbocycles. The predicted molar refractivity (Wildman–Crippen MR) is 66.7 cm³/mol. The topological polar surface area (TPSA) is 30.7 Å². The zero-order chi connectivity index (χ0) is 11.9. The molecule has 0 radical (unpaired) electrons. The van der Waals surface area contributed by atoms with Gasteiger partial charge in [-0.25, -0.2) is 4.68 Å². The minimum atomic E-state index is 0.499. The number of hydrogen-bond acceptors (Lipinski definition) is 2. The highest BCUT2D eigenvalue weighted by Gasteiger charge is 2.13. The minimum Gasteiger partial charge on any atom is -0.247 e. The monoisotopic (exact) mass is 217 g/mol. The molecule has 16 heavy (non-hydrogen) atoms. The lowest BCUT2D eigenvalue weighted by Gasteiger charge is -2.12. The van der Waals surface area contributed by atoms with Crippen LogP contribution in [-0.4, -0.2) is 15.0 Å². The summed E-state index contributed by atoms with van der Waals surface area (Å²) in [6.07, 6.45) is 0. The fraction of sp³-hybridized carbons (Fsp3) is 0.538. The number of rotatable bonds is 2. The van der Waals surface area contributed by atoms with Crippen LogP contribution < -0.4 is 0 Å². The maximum atomic E-state index is 4.22. The predicted octanol–water partition coefficient (Wildman–Crippen LogP) is 3.22. The van der Waals surface area contributed by atoms with E-state index in [2.05, 4.69) is 50.1 Å². The summed E-state index contributed by atoms with van der Waals surface area (Å²) >= 11 is 0. The van der Waals surface area contributed by atoms with Crippen molar-refractivity contribution in [3.8, 4) is 0 Å². The Bertz CT molecular complexity index is 509. The molecule has 0 spiro atoms. The van der Waals surface area contributed by atoms with Gasteiger partial charge in [0.15, 0.2) is 0 Å². The largest absolute Gasteiger partial charge is 0.247 e. The number of fused-ring (bicyclic) bond motifs is 1. The molecular formula is C13H19N3. The molecule has 0 amide bonds. The molecule has 2 rings (SSSR count). The Hall–Kier alpha value is -1.38. The lowest BCUT2D eigenvalue weighted by molar-refractivity contribution is 0.728. The van der Waals surface area contributed by atoms with Crippen LogP contribution in [0.15, 0.2) is 12.1 Å². The van der Waals surface area contributed by atoms with Crippen LogP contribution in [0.1, 0.15) is 50.7 Å². The molecule has 0 aliphatic carbocycles. The molecule has 0 N–H and O–H groups in total. The average molecular weight is 217 g/mol. The van der Waals surface area contributed by atoms with E-state index in [4.69, 9.17) is 0 Å². The fourth-order valence-electron chi connectivity index (χ4n) is 2.03. The lowest BCUT2D eigenvalue weighted by atomic mass is 9.94. The molecule has 86 valence electrons. The van der Waals surface area contributed by atoms with Gasteiger partial charge in [0, 0.05) is 7.05 Å². The zero-order valence-electron chi connectivity index (χ0n) is 10.7. The lowest BCUT2D eigenvalue weighted by Crippen LogP contribution is -1.98. The van der Waals surface area contributed by atoms with E-state index in [0.717, 1.165) is 5.52 Å². The van der Waals surface area contributed by atoms with E-state index in [0.29, 0.717) is 11.8 Å². The highest BCUT2D eigenvalue weighted by Crippen LogP contribution is 2.28. The normalized spacial score (nSPS) is 11.9. The van der Waals surface area contributed by atoms with Crippen molar-refractivity contribution in [1.82, 2.24) is 15.0 Å². The minimum absolute atomic E-state index is 0.499. The number of nitrogens with zero attached hydrogens (tertiary/aromatic N) is 3. The first-order valence-electron chi connectivity index (χ1n) is 5.84. The van der Waals surface area contributed by atoms with Gasteiger partial charge in [0.1, 0.15) is 5.52 Å². The Balaban J connectivity index is 2.76. The van der Waals surface area contributed by atoms with Crippen molar-refractivity contribution in [3.05, 3.63) is 23.3 Å². The Morgan fingerprint density at radius 2 is 1.75 bits per heavy atom. The van der Waals surface area contributed by atoms with Gasteiger partial charge in [-0.1, -0.05) is 39.0 Å². The van der Waals surface area contributed by atoms with Crippen LogP contribution in [0.5, 0.6) is 0 Å². The van der Waals surface area contributed by atoms with E-state index in [9.17, 15) is 0 Å². The van der Waals surface area contributed by atoms with Crippen molar-refractivity contribution in [1.29, 1.82) is 0 Å². The Labute approximate surface area is 96.5 Å². The number of hydrogen-bond donors (Lipinski definition) is 0. The van der Waals surface area contributed by atoms with E-state index in [1.807, 2.05) is 11.7 Å². The summed E-state index contributed by atoms with van der Waals surface area (Å²) < 4.78 is 1.87. The van der Waals surface area contributed by atoms with Crippen LogP contribution >= 0.6 is 0 Å². The molecule has 0 atom stereocenters. The molecule has 1 aromatic carbocycles. The third-order valence-electron chi connectivity index (χ3n) is 3.04. The van der Waals surface area contributed by atoms with Gasteiger partial charge in [-0.2, -0.15) is 0 Å². The van der Waals surface area contributed by atoms with E-state index >= 15 is 0 Å². The molecule has 3 heteroatoms. The van der Waals surface area contributed by atoms with Crippen molar-refractivity contribution in [3.63, 3.8) is 0 Å². The van der Waals surface area contributed by atoms with Crippen LogP contribution in [0.2, 0.25) is 0 Å². The summed E-state index contributed by atoms with van der Waals surface area (Å²) in [4.78, 5) is 0. The summed E-state index contributed by atoms with van der Waals surface area (Å²) in [5, 5.41) is 8.32. The first-order chi connectivity index (χ1) is 7.50. The second-order valence-electron chi connectivity index (χ2n) is 5.00. The second-order valence-corrected chi connectivity index (χ2v) is 5.00. The molecule has 1 aromatic heterocycles. The number of aromatic nitrogens is 3. The number of aryl methyl sites for hydroxylation is 1.